The number of hydrogen-bond donors (Lipinski definition) is 1. The molecule has 2 N–H and O–H groups in total. The fourth-order valence-electron chi connectivity index (χ4n) is 3.81. The third-order valence-electron chi connectivity index (χ3n) is 5.55. The predicted octanol–water partition coefficient (Wildman–Crippen LogP) is 3.23. The van der Waals surface area contributed by atoms with E-state index in [0.717, 1.165) is 18.5 Å². The number of carbonyl (C=O) groups is 1. The van der Waals surface area contributed by atoms with Gasteiger partial charge in [0.1, 0.15) is 11.9 Å². The van der Waals surface area contributed by atoms with Crippen LogP contribution in [0.25, 0.3) is 5.70 Å². The van der Waals surface area contributed by atoms with Gasteiger partial charge in [0.25, 0.3) is 5.91 Å². The molecule has 2 aromatic rings. The van der Waals surface area contributed by atoms with Crippen LogP contribution in [-0.2, 0) is 4.79 Å². The molecule has 5 nitrogen and oxygen atoms in total. The summed E-state index contributed by atoms with van der Waals surface area (Å²) in [5.74, 6) is -0.612. The zero-order valence-corrected chi connectivity index (χ0v) is 21.2. The number of hydrogen-bond acceptors (Lipinski definition) is 4. The first-order valence-corrected chi connectivity index (χ1v) is 9.97. The summed E-state index contributed by atoms with van der Waals surface area (Å²) < 4.78 is 14.3. The Kier molecular flexibility index (Phi) is 7.73. The maximum absolute atomic E-state index is 14.3. The Hall–Kier alpha value is -2.38. The molecule has 0 atom stereocenters. The Labute approximate surface area is 205 Å². The van der Waals surface area contributed by atoms with Crippen LogP contribution in [0.3, 0.4) is 0 Å². The number of rotatable bonds is 3. The van der Waals surface area contributed by atoms with Gasteiger partial charge in [-0.2, -0.15) is 23.5 Å². The van der Waals surface area contributed by atoms with Crippen molar-refractivity contribution in [3.05, 3.63) is 83.2 Å². The van der Waals surface area contributed by atoms with Gasteiger partial charge in [0, 0.05) is 73.6 Å². The molecular weight excluding hydrogens is 617 g/mol. The van der Waals surface area contributed by atoms with E-state index in [1.54, 1.807) is 12.1 Å². The van der Waals surface area contributed by atoms with Crippen molar-refractivity contribution in [2.45, 2.75) is 18.9 Å². The number of nitriles is 1. The monoisotopic (exact) mass is 639 g/mol. The van der Waals surface area contributed by atoms with E-state index in [1.165, 1.54) is 12.1 Å². The number of benzene rings is 2. The van der Waals surface area contributed by atoms with E-state index < -0.39 is 5.82 Å². The molecule has 31 heavy (non-hydrogen) atoms. The number of halogens is 1. The van der Waals surface area contributed by atoms with E-state index in [-0.39, 0.29) is 48.6 Å². The van der Waals surface area contributed by atoms with Crippen LogP contribution in [0, 0.1) is 54.3 Å². The van der Waals surface area contributed by atoms with Crippen LogP contribution in [0.1, 0.15) is 24.0 Å². The summed E-state index contributed by atoms with van der Waals surface area (Å²) in [5.41, 5.74) is 8.78. The number of amides is 1. The Balaban J connectivity index is 0.00000272. The molecule has 1 amide bonds. The SMILES string of the molecule is N#Cc1ccc(C2=CC(C(=O)N3CCC(N)CC3)=CCN2c2cc[c-]cc2)cc1F.[U]. The standard InChI is InChI=1S/C24H22FN4O.U/c25-22-14-17(6-7-19(22)16-26)23-15-18(24(30)28-11-9-20(27)10-12-28)8-13-29(23)21-4-2-1-3-5-21;/h2-8,14-15,20H,9-13,27H2;/q-1;. The fourth-order valence-corrected chi connectivity index (χ4v) is 3.81. The Bertz CT molecular complexity index is 1050. The first-order chi connectivity index (χ1) is 14.6. The summed E-state index contributed by atoms with van der Waals surface area (Å²) in [6.45, 7) is 1.76. The first kappa shape index (κ1) is 23.3. The second-order valence-corrected chi connectivity index (χ2v) is 7.49. The zero-order chi connectivity index (χ0) is 21.1. The largest absolute Gasteiger partial charge is 0.360 e. The molecule has 1 fully saturated rings. The average molecular weight is 639 g/mol. The maximum atomic E-state index is 14.3. The molecule has 0 aromatic heterocycles. The van der Waals surface area contributed by atoms with E-state index in [4.69, 9.17) is 11.0 Å². The normalized spacial score (nSPS) is 16.7. The Morgan fingerprint density at radius 1 is 1.19 bits per heavy atom. The molecule has 2 aliphatic heterocycles. The molecule has 0 aliphatic carbocycles. The Morgan fingerprint density at radius 3 is 2.55 bits per heavy atom. The summed E-state index contributed by atoms with van der Waals surface area (Å²) in [6, 6.07) is 17.0. The van der Waals surface area contributed by atoms with E-state index in [9.17, 15) is 9.18 Å². The fraction of sp³-hybridized carbons (Fsp3) is 0.250. The predicted molar refractivity (Wildman–Crippen MR) is 114 cm³/mol. The van der Waals surface area contributed by atoms with E-state index in [0.29, 0.717) is 36.5 Å². The van der Waals surface area contributed by atoms with E-state index in [1.807, 2.05) is 46.2 Å². The molecule has 0 spiro atoms. The minimum atomic E-state index is -0.579. The van der Waals surface area contributed by atoms with Gasteiger partial charge in [-0.3, -0.25) is 4.79 Å². The number of anilines is 1. The third-order valence-corrected chi connectivity index (χ3v) is 5.55. The molecule has 2 aliphatic rings. The van der Waals surface area contributed by atoms with Gasteiger partial charge in [0.05, 0.1) is 5.56 Å². The maximum Gasteiger partial charge on any atom is 0.253 e. The molecule has 2 heterocycles. The minimum absolute atomic E-state index is 0. The molecule has 1 saturated heterocycles. The minimum Gasteiger partial charge on any atom is -0.360 e. The molecule has 2 aromatic carbocycles. The van der Waals surface area contributed by atoms with Crippen molar-refractivity contribution < 1.29 is 40.3 Å². The van der Waals surface area contributed by atoms with Crippen LogP contribution in [-0.4, -0.2) is 36.5 Å². The van der Waals surface area contributed by atoms with Crippen molar-refractivity contribution in [1.29, 1.82) is 5.26 Å². The summed E-state index contributed by atoms with van der Waals surface area (Å²) >= 11 is 0. The van der Waals surface area contributed by atoms with Crippen molar-refractivity contribution in [1.82, 2.24) is 4.90 Å². The van der Waals surface area contributed by atoms with Gasteiger partial charge in [0.15, 0.2) is 0 Å². The Morgan fingerprint density at radius 2 is 1.90 bits per heavy atom. The molecule has 0 radical (unpaired) electrons. The molecule has 0 bridgehead atoms. The summed E-state index contributed by atoms with van der Waals surface area (Å²) in [4.78, 5) is 16.9. The number of carbonyl (C=O) groups excluding carboxylic acids is 1. The van der Waals surface area contributed by atoms with Crippen LogP contribution in [0.4, 0.5) is 10.1 Å². The second kappa shape index (κ2) is 10.3. The number of likely N-dealkylation sites (tertiary alicyclic amines) is 1. The van der Waals surface area contributed by atoms with Gasteiger partial charge >= 0.3 is 0 Å². The molecule has 4 rings (SSSR count). The van der Waals surface area contributed by atoms with Crippen LogP contribution in [0.5, 0.6) is 0 Å². The average Bonchev–Trinajstić information content (AvgIpc) is 2.79. The number of piperidine rings is 1. The second-order valence-electron chi connectivity index (χ2n) is 7.49. The van der Waals surface area contributed by atoms with Crippen LogP contribution < -0.4 is 10.6 Å². The summed E-state index contributed by atoms with van der Waals surface area (Å²) in [7, 11) is 0. The van der Waals surface area contributed by atoms with E-state index >= 15 is 0 Å². The quantitative estimate of drug-likeness (QED) is 0.524. The summed E-state index contributed by atoms with van der Waals surface area (Å²) in [5, 5.41) is 9.04. The van der Waals surface area contributed by atoms with Gasteiger partial charge in [-0.15, -0.1) is 12.1 Å². The van der Waals surface area contributed by atoms with Crippen LogP contribution in [0.15, 0.2) is 60.2 Å². The summed E-state index contributed by atoms with van der Waals surface area (Å²) in [6.07, 6.45) is 5.29. The van der Waals surface area contributed by atoms with Crippen LogP contribution >= 0.6 is 0 Å². The smallest absolute Gasteiger partial charge is 0.253 e. The molecule has 0 saturated carbocycles. The molecule has 7 heteroatoms. The van der Waals surface area contributed by atoms with Gasteiger partial charge < -0.3 is 15.5 Å². The van der Waals surface area contributed by atoms with Gasteiger partial charge in [-0.1, -0.05) is 17.8 Å². The van der Waals surface area contributed by atoms with Crippen molar-refractivity contribution in [2.24, 2.45) is 5.73 Å². The van der Waals surface area contributed by atoms with Crippen molar-refractivity contribution in [2.75, 3.05) is 24.5 Å². The molecule has 0 unspecified atom stereocenters. The third kappa shape index (κ3) is 5.10. The van der Waals surface area contributed by atoms with Gasteiger partial charge in [-0.05, 0) is 31.1 Å². The number of nitrogens with two attached hydrogens (primary N) is 1. The van der Waals surface area contributed by atoms with Crippen molar-refractivity contribution in [3.8, 4) is 6.07 Å². The zero-order valence-electron chi connectivity index (χ0n) is 17.0. The van der Waals surface area contributed by atoms with Gasteiger partial charge in [-0.25, -0.2) is 4.39 Å². The topological polar surface area (TPSA) is 73.4 Å². The van der Waals surface area contributed by atoms with Crippen LogP contribution in [0.2, 0.25) is 0 Å². The van der Waals surface area contributed by atoms with Crippen molar-refractivity contribution >= 4 is 17.3 Å². The van der Waals surface area contributed by atoms with Gasteiger partial charge in [0.2, 0.25) is 0 Å². The van der Waals surface area contributed by atoms with E-state index in [2.05, 4.69) is 6.07 Å². The van der Waals surface area contributed by atoms with Crippen molar-refractivity contribution in [3.63, 3.8) is 0 Å². The molecular formula is C24H22FN4OU-. The number of nitrogens with zero attached hydrogens (tertiary/aromatic N) is 3. The molecule has 156 valence electrons. The first-order valence-electron chi connectivity index (χ1n) is 9.97.